The molecular weight excluding hydrogens is 619 g/mol. The number of alkyl halides is 3. The van der Waals surface area contributed by atoms with E-state index in [4.69, 9.17) is 18.6 Å². The molecular formula is C35H24F3NO8. The van der Waals surface area contributed by atoms with Gasteiger partial charge in [0.2, 0.25) is 11.2 Å². The summed E-state index contributed by atoms with van der Waals surface area (Å²) in [5, 5.41) is -0.240. The maximum Gasteiger partial charge on any atom is 0.453 e. The Morgan fingerprint density at radius 2 is 1.45 bits per heavy atom. The molecule has 0 saturated carbocycles. The molecule has 2 amide bonds. The first-order valence-corrected chi connectivity index (χ1v) is 14.1. The van der Waals surface area contributed by atoms with Crippen molar-refractivity contribution in [2.75, 3.05) is 7.11 Å². The van der Waals surface area contributed by atoms with Crippen LogP contribution >= 0.6 is 0 Å². The molecule has 4 aromatic carbocycles. The highest BCUT2D eigenvalue weighted by molar-refractivity contribution is 6.21. The number of nitrogens with zero attached hydrogens (tertiary/aromatic N) is 1. The van der Waals surface area contributed by atoms with Gasteiger partial charge in [0.15, 0.2) is 0 Å². The van der Waals surface area contributed by atoms with Gasteiger partial charge in [0, 0.05) is 6.07 Å². The highest BCUT2D eigenvalue weighted by atomic mass is 19.4. The molecule has 0 N–H and O–H groups in total. The summed E-state index contributed by atoms with van der Waals surface area (Å²) >= 11 is 0. The van der Waals surface area contributed by atoms with Crippen molar-refractivity contribution >= 4 is 28.8 Å². The molecule has 1 aliphatic heterocycles. The Morgan fingerprint density at radius 1 is 0.787 bits per heavy atom. The number of rotatable bonds is 7. The lowest BCUT2D eigenvalue weighted by atomic mass is 10.1. The molecule has 0 aliphatic carbocycles. The van der Waals surface area contributed by atoms with Gasteiger partial charge >= 0.3 is 12.1 Å². The standard InChI is InChI=1S/C35H24F3NO8/c1-18-12-19(2)14-24(13-18)45-30-29(40)26-11-9-23(16-28(26)47-31(30)35(36,37)38)46-34(43)21-6-10-25-27(15-21)33(42)39(32(25)41)17-20-4-7-22(44-3)8-5-20/h4-16H,17H2,1-3H3. The van der Waals surface area contributed by atoms with Crippen LogP contribution in [0.3, 0.4) is 0 Å². The molecule has 0 saturated heterocycles. The zero-order valence-electron chi connectivity index (χ0n) is 25.1. The minimum atomic E-state index is -5.09. The predicted octanol–water partition coefficient (Wildman–Crippen LogP) is 7.24. The number of aryl methyl sites for hydroxylation is 2. The zero-order chi connectivity index (χ0) is 33.6. The maximum atomic E-state index is 14.0. The van der Waals surface area contributed by atoms with Crippen LogP contribution in [-0.2, 0) is 12.7 Å². The third kappa shape index (κ3) is 6.05. The number of amides is 2. The number of esters is 1. The Morgan fingerprint density at radius 3 is 2.11 bits per heavy atom. The molecule has 0 spiro atoms. The molecule has 47 heavy (non-hydrogen) atoms. The second-order valence-corrected chi connectivity index (χ2v) is 10.9. The summed E-state index contributed by atoms with van der Waals surface area (Å²) in [6.45, 7) is 3.46. The van der Waals surface area contributed by atoms with Crippen LogP contribution in [0.1, 0.15) is 53.5 Å². The lowest BCUT2D eigenvalue weighted by Crippen LogP contribution is -2.29. The Hall–Kier alpha value is -5.91. The van der Waals surface area contributed by atoms with E-state index in [1.54, 1.807) is 44.2 Å². The summed E-state index contributed by atoms with van der Waals surface area (Å²) in [6, 6.07) is 18.8. The van der Waals surface area contributed by atoms with Gasteiger partial charge in [0.1, 0.15) is 22.8 Å². The summed E-state index contributed by atoms with van der Waals surface area (Å²) < 4.78 is 63.1. The maximum absolute atomic E-state index is 14.0. The van der Waals surface area contributed by atoms with Crippen molar-refractivity contribution in [2.45, 2.75) is 26.6 Å². The van der Waals surface area contributed by atoms with E-state index in [1.807, 2.05) is 0 Å². The van der Waals surface area contributed by atoms with Crippen molar-refractivity contribution in [1.82, 2.24) is 4.90 Å². The summed E-state index contributed by atoms with van der Waals surface area (Å²) in [5.74, 6) is -4.38. The molecule has 12 heteroatoms. The molecule has 1 aliphatic rings. The fourth-order valence-corrected chi connectivity index (χ4v) is 5.25. The van der Waals surface area contributed by atoms with Crippen LogP contribution < -0.4 is 19.6 Å². The van der Waals surface area contributed by atoms with Gasteiger partial charge < -0.3 is 18.6 Å². The highest BCUT2D eigenvalue weighted by Gasteiger charge is 2.41. The van der Waals surface area contributed by atoms with E-state index >= 15 is 0 Å². The summed E-state index contributed by atoms with van der Waals surface area (Å²) in [4.78, 5) is 53.4. The Kier molecular flexibility index (Phi) is 7.80. The minimum absolute atomic E-state index is 0.00425. The van der Waals surface area contributed by atoms with Crippen LogP contribution in [-0.4, -0.2) is 29.8 Å². The second kappa shape index (κ2) is 11.8. The van der Waals surface area contributed by atoms with Crippen LogP contribution in [0.4, 0.5) is 13.2 Å². The molecule has 0 atom stereocenters. The van der Waals surface area contributed by atoms with Crippen molar-refractivity contribution < 1.29 is 46.2 Å². The van der Waals surface area contributed by atoms with Gasteiger partial charge in [-0.3, -0.25) is 19.3 Å². The van der Waals surface area contributed by atoms with Crippen molar-refractivity contribution in [3.63, 3.8) is 0 Å². The monoisotopic (exact) mass is 643 g/mol. The smallest absolute Gasteiger partial charge is 0.453 e. The molecule has 1 aromatic heterocycles. The molecule has 5 aromatic rings. The van der Waals surface area contributed by atoms with Crippen molar-refractivity contribution in [3.8, 4) is 23.0 Å². The number of methoxy groups -OCH3 is 1. The number of carbonyl (C=O) groups excluding carboxylic acids is 3. The average molecular weight is 644 g/mol. The first-order chi connectivity index (χ1) is 22.3. The Labute approximate surface area is 264 Å². The molecule has 2 heterocycles. The first kappa shape index (κ1) is 31.1. The van der Waals surface area contributed by atoms with Crippen LogP contribution in [0, 0.1) is 13.8 Å². The number of fused-ring (bicyclic) bond motifs is 2. The summed E-state index contributed by atoms with van der Waals surface area (Å²) in [5.41, 5.74) is 0.554. The molecule has 9 nitrogen and oxygen atoms in total. The summed E-state index contributed by atoms with van der Waals surface area (Å²) in [7, 11) is 1.52. The minimum Gasteiger partial charge on any atom is -0.497 e. The average Bonchev–Trinajstić information content (AvgIpc) is 3.25. The van der Waals surface area contributed by atoms with Gasteiger partial charge in [0.05, 0.1) is 35.7 Å². The van der Waals surface area contributed by atoms with Gasteiger partial charge in [-0.1, -0.05) is 18.2 Å². The van der Waals surface area contributed by atoms with E-state index in [-0.39, 0.29) is 40.1 Å². The third-order valence-electron chi connectivity index (χ3n) is 7.41. The van der Waals surface area contributed by atoms with E-state index in [2.05, 4.69) is 0 Å². The number of halogens is 3. The van der Waals surface area contributed by atoms with E-state index in [1.165, 1.54) is 43.5 Å². The Balaban J connectivity index is 1.26. The number of ether oxygens (including phenoxy) is 3. The fourth-order valence-electron chi connectivity index (χ4n) is 5.25. The number of hydrogen-bond donors (Lipinski definition) is 0. The van der Waals surface area contributed by atoms with Crippen LogP contribution in [0.5, 0.6) is 23.0 Å². The van der Waals surface area contributed by atoms with E-state index in [9.17, 15) is 32.3 Å². The lowest BCUT2D eigenvalue weighted by Gasteiger charge is -2.14. The number of hydrogen-bond acceptors (Lipinski definition) is 8. The van der Waals surface area contributed by atoms with Crippen molar-refractivity contribution in [3.05, 3.63) is 128 Å². The molecule has 0 unspecified atom stereocenters. The van der Waals surface area contributed by atoms with Gasteiger partial charge in [-0.15, -0.1) is 0 Å². The molecule has 0 bridgehead atoms. The Bertz CT molecular complexity index is 2130. The summed E-state index contributed by atoms with van der Waals surface area (Å²) in [6.07, 6.45) is -5.09. The first-order valence-electron chi connectivity index (χ1n) is 14.1. The fraction of sp³-hybridized carbons (Fsp3) is 0.143. The number of benzene rings is 4. The van der Waals surface area contributed by atoms with Crippen LogP contribution in [0.25, 0.3) is 11.0 Å². The van der Waals surface area contributed by atoms with E-state index in [0.29, 0.717) is 11.3 Å². The third-order valence-corrected chi connectivity index (χ3v) is 7.41. The largest absolute Gasteiger partial charge is 0.497 e. The zero-order valence-corrected chi connectivity index (χ0v) is 25.1. The highest BCUT2D eigenvalue weighted by Crippen LogP contribution is 2.39. The molecule has 238 valence electrons. The molecule has 0 radical (unpaired) electrons. The molecule has 0 fully saturated rings. The van der Waals surface area contributed by atoms with Gasteiger partial charge in [-0.05, 0) is 85.1 Å². The van der Waals surface area contributed by atoms with Gasteiger partial charge in [0.25, 0.3) is 17.6 Å². The van der Waals surface area contributed by atoms with Crippen LogP contribution in [0.2, 0.25) is 0 Å². The van der Waals surface area contributed by atoms with Crippen molar-refractivity contribution in [1.29, 1.82) is 0 Å². The topological polar surface area (TPSA) is 112 Å². The van der Waals surface area contributed by atoms with Gasteiger partial charge in [-0.2, -0.15) is 13.2 Å². The second-order valence-electron chi connectivity index (χ2n) is 10.9. The lowest BCUT2D eigenvalue weighted by molar-refractivity contribution is -0.154. The quantitative estimate of drug-likeness (QED) is 0.104. The van der Waals surface area contributed by atoms with Crippen molar-refractivity contribution in [2.24, 2.45) is 0 Å². The van der Waals surface area contributed by atoms with E-state index in [0.717, 1.165) is 28.2 Å². The van der Waals surface area contributed by atoms with Gasteiger partial charge in [-0.25, -0.2) is 4.79 Å². The SMILES string of the molecule is COc1ccc(CN2C(=O)c3ccc(C(=O)Oc4ccc5c(=O)c(Oc6cc(C)cc(C)c6)c(C(F)(F)F)oc5c4)cc3C2=O)cc1. The van der Waals surface area contributed by atoms with Crippen LogP contribution in [0.15, 0.2) is 88.1 Å². The predicted molar refractivity (Wildman–Crippen MR) is 162 cm³/mol. The number of imide groups is 1. The normalized spacial score (nSPS) is 12.8. The molecule has 6 rings (SSSR count). The van der Waals surface area contributed by atoms with E-state index < -0.39 is 46.5 Å². The number of carbonyl (C=O) groups is 3.